The number of hydrogen-bond acceptors (Lipinski definition) is 2. The molecule has 0 radical (unpaired) electrons. The van der Waals surface area contributed by atoms with Gasteiger partial charge in [-0.05, 0) is 43.7 Å². The number of nitrogens with one attached hydrogen (secondary N) is 1. The van der Waals surface area contributed by atoms with E-state index < -0.39 is 0 Å². The van der Waals surface area contributed by atoms with Gasteiger partial charge in [0.25, 0.3) is 5.91 Å². The first-order valence-corrected chi connectivity index (χ1v) is 7.94. The Morgan fingerprint density at radius 3 is 2.43 bits per heavy atom. The Hall–Kier alpha value is -1.81. The van der Waals surface area contributed by atoms with Gasteiger partial charge in [-0.2, -0.15) is 0 Å². The van der Waals surface area contributed by atoms with Crippen LogP contribution in [0.5, 0.6) is 5.75 Å². The Bertz CT molecular complexity index is 608. The van der Waals surface area contributed by atoms with Gasteiger partial charge in [-0.3, -0.25) is 4.79 Å². The standard InChI is InChI=1S/C17H18BrNO2/c1-12(2)21-16-6-4-3-5-15(16)19-17(20)14-9-7-13(11-18)8-10-14/h3-10,12H,11H2,1-2H3,(H,19,20). The van der Waals surface area contributed by atoms with Gasteiger partial charge < -0.3 is 10.1 Å². The van der Waals surface area contributed by atoms with Crippen LogP contribution in [0.15, 0.2) is 48.5 Å². The molecule has 0 fully saturated rings. The van der Waals surface area contributed by atoms with E-state index in [-0.39, 0.29) is 12.0 Å². The summed E-state index contributed by atoms with van der Waals surface area (Å²) in [6, 6.07) is 14.9. The third kappa shape index (κ3) is 4.33. The quantitative estimate of drug-likeness (QED) is 0.801. The lowest BCUT2D eigenvalue weighted by Crippen LogP contribution is -2.14. The summed E-state index contributed by atoms with van der Waals surface area (Å²) >= 11 is 3.39. The second-order valence-electron chi connectivity index (χ2n) is 4.95. The molecule has 2 aromatic rings. The number of alkyl halides is 1. The van der Waals surface area contributed by atoms with Crippen molar-refractivity contribution >= 4 is 27.5 Å². The highest BCUT2D eigenvalue weighted by Crippen LogP contribution is 2.25. The highest BCUT2D eigenvalue weighted by atomic mass is 79.9. The molecule has 3 nitrogen and oxygen atoms in total. The Morgan fingerprint density at radius 2 is 1.81 bits per heavy atom. The summed E-state index contributed by atoms with van der Waals surface area (Å²) in [5.41, 5.74) is 2.44. The number of carbonyl (C=O) groups is 1. The Labute approximate surface area is 133 Å². The van der Waals surface area contributed by atoms with Crippen molar-refractivity contribution in [3.8, 4) is 5.75 Å². The number of hydrogen-bond donors (Lipinski definition) is 1. The molecule has 1 N–H and O–H groups in total. The third-order valence-electron chi connectivity index (χ3n) is 2.87. The van der Waals surface area contributed by atoms with Gasteiger partial charge in [0.1, 0.15) is 5.75 Å². The molecule has 0 aromatic heterocycles. The number of rotatable bonds is 5. The molecule has 0 spiro atoms. The average molecular weight is 348 g/mol. The Kier molecular flexibility index (Phi) is 5.39. The SMILES string of the molecule is CC(C)Oc1ccccc1NC(=O)c1ccc(CBr)cc1. The van der Waals surface area contributed by atoms with Gasteiger partial charge in [0.15, 0.2) is 0 Å². The monoisotopic (exact) mass is 347 g/mol. The lowest BCUT2D eigenvalue weighted by Gasteiger charge is -2.14. The van der Waals surface area contributed by atoms with E-state index in [0.29, 0.717) is 17.0 Å². The van der Waals surface area contributed by atoms with Crippen molar-refractivity contribution in [1.29, 1.82) is 0 Å². The van der Waals surface area contributed by atoms with Crippen molar-refractivity contribution in [2.45, 2.75) is 25.3 Å². The molecule has 2 aromatic carbocycles. The summed E-state index contributed by atoms with van der Waals surface area (Å²) in [7, 11) is 0. The van der Waals surface area contributed by atoms with E-state index in [1.165, 1.54) is 0 Å². The molecule has 0 atom stereocenters. The fourth-order valence-corrected chi connectivity index (χ4v) is 2.24. The molecular weight excluding hydrogens is 330 g/mol. The zero-order valence-corrected chi connectivity index (χ0v) is 13.7. The maximum absolute atomic E-state index is 12.3. The van der Waals surface area contributed by atoms with Crippen molar-refractivity contribution in [3.63, 3.8) is 0 Å². The first-order chi connectivity index (χ1) is 10.1. The predicted octanol–water partition coefficient (Wildman–Crippen LogP) is 4.62. The van der Waals surface area contributed by atoms with E-state index in [0.717, 1.165) is 10.9 Å². The third-order valence-corrected chi connectivity index (χ3v) is 3.52. The van der Waals surface area contributed by atoms with Crippen molar-refractivity contribution in [2.75, 3.05) is 5.32 Å². The van der Waals surface area contributed by atoms with E-state index in [2.05, 4.69) is 21.2 Å². The number of benzene rings is 2. The molecule has 0 aliphatic rings. The van der Waals surface area contributed by atoms with Crippen LogP contribution in [0.3, 0.4) is 0 Å². The number of carbonyl (C=O) groups excluding carboxylic acids is 1. The molecule has 1 amide bonds. The maximum atomic E-state index is 12.3. The van der Waals surface area contributed by atoms with Gasteiger partial charge in [-0.1, -0.05) is 40.2 Å². The van der Waals surface area contributed by atoms with Crippen LogP contribution in [0.1, 0.15) is 29.8 Å². The maximum Gasteiger partial charge on any atom is 0.255 e. The van der Waals surface area contributed by atoms with Crippen LogP contribution in [0.4, 0.5) is 5.69 Å². The number of para-hydroxylation sites is 2. The number of halogens is 1. The van der Waals surface area contributed by atoms with Crippen LogP contribution in [0.2, 0.25) is 0 Å². The molecule has 0 saturated heterocycles. The van der Waals surface area contributed by atoms with Gasteiger partial charge in [-0.25, -0.2) is 0 Å². The summed E-state index contributed by atoms with van der Waals surface area (Å²) < 4.78 is 5.70. The Morgan fingerprint density at radius 1 is 1.14 bits per heavy atom. The summed E-state index contributed by atoms with van der Waals surface area (Å²) in [4.78, 5) is 12.3. The van der Waals surface area contributed by atoms with Gasteiger partial charge in [0.05, 0.1) is 11.8 Å². The minimum Gasteiger partial charge on any atom is -0.489 e. The second kappa shape index (κ2) is 7.27. The minimum absolute atomic E-state index is 0.0567. The normalized spacial score (nSPS) is 10.5. The van der Waals surface area contributed by atoms with Gasteiger partial charge >= 0.3 is 0 Å². The number of anilines is 1. The molecule has 0 aliphatic heterocycles. The second-order valence-corrected chi connectivity index (χ2v) is 5.51. The van der Waals surface area contributed by atoms with E-state index in [9.17, 15) is 4.79 Å². The molecule has 0 saturated carbocycles. The van der Waals surface area contributed by atoms with Crippen LogP contribution >= 0.6 is 15.9 Å². The molecule has 0 unspecified atom stereocenters. The summed E-state index contributed by atoms with van der Waals surface area (Å²) in [6.07, 6.45) is 0.0567. The first-order valence-electron chi connectivity index (χ1n) is 6.82. The van der Waals surface area contributed by atoms with E-state index >= 15 is 0 Å². The fourth-order valence-electron chi connectivity index (χ4n) is 1.87. The molecule has 110 valence electrons. The molecule has 4 heteroatoms. The van der Waals surface area contributed by atoms with Crippen LogP contribution in [-0.4, -0.2) is 12.0 Å². The van der Waals surface area contributed by atoms with E-state index in [1.54, 1.807) is 0 Å². The fraction of sp³-hybridized carbons (Fsp3) is 0.235. The van der Waals surface area contributed by atoms with Gasteiger partial charge in [0.2, 0.25) is 0 Å². The first kappa shape index (κ1) is 15.6. The van der Waals surface area contributed by atoms with Crippen molar-refractivity contribution in [3.05, 3.63) is 59.7 Å². The summed E-state index contributed by atoms with van der Waals surface area (Å²) in [5.74, 6) is 0.536. The van der Waals surface area contributed by atoms with Crippen LogP contribution in [0, 0.1) is 0 Å². The van der Waals surface area contributed by atoms with Crippen molar-refractivity contribution in [1.82, 2.24) is 0 Å². The van der Waals surface area contributed by atoms with E-state index in [1.807, 2.05) is 62.4 Å². The topological polar surface area (TPSA) is 38.3 Å². The average Bonchev–Trinajstić information content (AvgIpc) is 2.49. The largest absolute Gasteiger partial charge is 0.489 e. The number of ether oxygens (including phenoxy) is 1. The lowest BCUT2D eigenvalue weighted by atomic mass is 10.1. The molecular formula is C17H18BrNO2. The summed E-state index contributed by atoms with van der Waals surface area (Å²) in [6.45, 7) is 3.91. The zero-order valence-electron chi connectivity index (χ0n) is 12.1. The lowest BCUT2D eigenvalue weighted by molar-refractivity contribution is 0.102. The summed E-state index contributed by atoms with van der Waals surface area (Å²) in [5, 5.41) is 3.67. The van der Waals surface area contributed by atoms with Crippen LogP contribution in [-0.2, 0) is 5.33 Å². The molecule has 0 bridgehead atoms. The van der Waals surface area contributed by atoms with Crippen molar-refractivity contribution in [2.24, 2.45) is 0 Å². The van der Waals surface area contributed by atoms with Gasteiger partial charge in [-0.15, -0.1) is 0 Å². The van der Waals surface area contributed by atoms with Crippen molar-refractivity contribution < 1.29 is 9.53 Å². The van der Waals surface area contributed by atoms with Crippen LogP contribution in [0.25, 0.3) is 0 Å². The zero-order chi connectivity index (χ0) is 15.2. The minimum atomic E-state index is -0.143. The number of amides is 1. The molecule has 0 heterocycles. The Balaban J connectivity index is 2.15. The van der Waals surface area contributed by atoms with Crippen LogP contribution < -0.4 is 10.1 Å². The smallest absolute Gasteiger partial charge is 0.255 e. The molecule has 2 rings (SSSR count). The highest BCUT2D eigenvalue weighted by Gasteiger charge is 2.10. The van der Waals surface area contributed by atoms with Gasteiger partial charge in [0, 0.05) is 10.9 Å². The molecule has 0 aliphatic carbocycles. The predicted molar refractivity (Wildman–Crippen MR) is 89.2 cm³/mol. The highest BCUT2D eigenvalue weighted by molar-refractivity contribution is 9.08. The van der Waals surface area contributed by atoms with E-state index in [4.69, 9.17) is 4.74 Å². The molecule has 21 heavy (non-hydrogen) atoms.